The molecule has 0 fully saturated rings. The molecule has 5 nitrogen and oxygen atoms in total. The molecule has 29 heavy (non-hydrogen) atoms. The predicted octanol–water partition coefficient (Wildman–Crippen LogP) is 4.29. The van der Waals surface area contributed by atoms with Gasteiger partial charge in [0.05, 0.1) is 0 Å². The van der Waals surface area contributed by atoms with Crippen LogP contribution in [0, 0.1) is 0 Å². The number of Topliss-reactive ketones (excluding diaryl/α,β-unsaturated/α-hetero) is 1. The summed E-state index contributed by atoms with van der Waals surface area (Å²) >= 11 is 0. The number of hydrogen-bond acceptors (Lipinski definition) is 5. The maximum Gasteiger partial charge on any atom is 0.347 e. The number of carbonyl (C=O) groups is 1. The van der Waals surface area contributed by atoms with Crippen molar-refractivity contribution in [3.8, 4) is 0 Å². The van der Waals surface area contributed by atoms with Crippen LogP contribution in [0.1, 0.15) is 33.9 Å². The van der Waals surface area contributed by atoms with E-state index in [1.807, 2.05) is 54.6 Å². The standard InChI is InChI=1S/C24H20N2O3/c27-22(20-13-19-10-4-5-11-23(19)29-24(20)28)14-21(18-8-2-1-3-9-18)26-16-17-7-6-12-25-15-17/h1-13,15,21,26H,14,16H2/t21-/m1/s1. The highest BCUT2D eigenvalue weighted by molar-refractivity contribution is 5.98. The SMILES string of the molecule is O=C(C[C@@H](NCc1cccnc1)c1ccccc1)c1cc2ccccc2oc1=O. The van der Waals surface area contributed by atoms with E-state index in [1.54, 1.807) is 30.6 Å². The Morgan fingerprint density at radius 3 is 2.59 bits per heavy atom. The van der Waals surface area contributed by atoms with E-state index in [9.17, 15) is 9.59 Å². The van der Waals surface area contributed by atoms with Gasteiger partial charge in [0.25, 0.3) is 0 Å². The van der Waals surface area contributed by atoms with Gasteiger partial charge in [0.2, 0.25) is 0 Å². The minimum absolute atomic E-state index is 0.0767. The van der Waals surface area contributed by atoms with Crippen LogP contribution < -0.4 is 10.9 Å². The number of fused-ring (bicyclic) bond motifs is 1. The molecule has 2 aromatic carbocycles. The molecule has 1 atom stereocenters. The normalized spacial score (nSPS) is 12.0. The Labute approximate surface area is 168 Å². The lowest BCUT2D eigenvalue weighted by molar-refractivity contribution is 0.0964. The molecule has 0 radical (unpaired) electrons. The Hall–Kier alpha value is -3.57. The van der Waals surface area contributed by atoms with Crippen LogP contribution in [-0.2, 0) is 6.54 Å². The van der Waals surface area contributed by atoms with Gasteiger partial charge in [0, 0.05) is 36.8 Å². The maximum absolute atomic E-state index is 13.0. The molecule has 5 heteroatoms. The van der Waals surface area contributed by atoms with Gasteiger partial charge in [-0.1, -0.05) is 54.6 Å². The summed E-state index contributed by atoms with van der Waals surface area (Å²) in [6.07, 6.45) is 3.66. The molecule has 144 valence electrons. The third-order valence-corrected chi connectivity index (χ3v) is 4.81. The molecule has 2 aromatic heterocycles. The molecule has 0 aliphatic heterocycles. The molecular formula is C24H20N2O3. The minimum atomic E-state index is -0.604. The zero-order chi connectivity index (χ0) is 20.1. The second-order valence-corrected chi connectivity index (χ2v) is 6.82. The van der Waals surface area contributed by atoms with Gasteiger partial charge in [-0.25, -0.2) is 4.79 Å². The first kappa shape index (κ1) is 18.8. The van der Waals surface area contributed by atoms with Crippen LogP contribution in [0.5, 0.6) is 0 Å². The first-order valence-electron chi connectivity index (χ1n) is 9.44. The molecular weight excluding hydrogens is 364 g/mol. The number of nitrogens with zero attached hydrogens (tertiary/aromatic N) is 1. The van der Waals surface area contributed by atoms with Crippen molar-refractivity contribution in [1.29, 1.82) is 0 Å². The third-order valence-electron chi connectivity index (χ3n) is 4.81. The number of nitrogens with one attached hydrogen (secondary N) is 1. The van der Waals surface area contributed by atoms with Crippen LogP contribution in [0.4, 0.5) is 0 Å². The number of pyridine rings is 1. The summed E-state index contributed by atoms with van der Waals surface area (Å²) in [6, 6.07) is 22.1. The Bertz CT molecular complexity index is 1170. The summed E-state index contributed by atoms with van der Waals surface area (Å²) in [7, 11) is 0. The van der Waals surface area contributed by atoms with E-state index in [4.69, 9.17) is 4.42 Å². The monoisotopic (exact) mass is 384 g/mol. The Morgan fingerprint density at radius 2 is 1.79 bits per heavy atom. The quantitative estimate of drug-likeness (QED) is 0.380. The number of benzene rings is 2. The molecule has 0 saturated carbocycles. The smallest absolute Gasteiger partial charge is 0.347 e. The van der Waals surface area contributed by atoms with E-state index in [-0.39, 0.29) is 23.8 Å². The average molecular weight is 384 g/mol. The molecule has 0 spiro atoms. The lowest BCUT2D eigenvalue weighted by atomic mass is 9.98. The van der Waals surface area contributed by atoms with E-state index in [0.29, 0.717) is 12.1 Å². The van der Waals surface area contributed by atoms with Crippen LogP contribution in [0.15, 0.2) is 94.4 Å². The second kappa shape index (κ2) is 8.63. The fourth-order valence-corrected chi connectivity index (χ4v) is 3.29. The summed E-state index contributed by atoms with van der Waals surface area (Å²) in [5.74, 6) is -0.253. The Balaban J connectivity index is 1.59. The van der Waals surface area contributed by atoms with Gasteiger partial charge in [-0.2, -0.15) is 0 Å². The third kappa shape index (κ3) is 4.47. The van der Waals surface area contributed by atoms with Crippen molar-refractivity contribution in [1.82, 2.24) is 10.3 Å². The molecule has 0 saturated heterocycles. The predicted molar refractivity (Wildman–Crippen MR) is 112 cm³/mol. The molecule has 0 bridgehead atoms. The Morgan fingerprint density at radius 1 is 1.00 bits per heavy atom. The fourth-order valence-electron chi connectivity index (χ4n) is 3.29. The van der Waals surface area contributed by atoms with Gasteiger partial charge in [0.15, 0.2) is 5.78 Å². The zero-order valence-electron chi connectivity index (χ0n) is 15.7. The maximum atomic E-state index is 13.0. The number of aromatic nitrogens is 1. The van der Waals surface area contributed by atoms with Gasteiger partial charge < -0.3 is 9.73 Å². The van der Waals surface area contributed by atoms with Crippen molar-refractivity contribution >= 4 is 16.8 Å². The summed E-state index contributed by atoms with van der Waals surface area (Å²) in [4.78, 5) is 29.5. The van der Waals surface area contributed by atoms with Crippen LogP contribution in [0.2, 0.25) is 0 Å². The van der Waals surface area contributed by atoms with Gasteiger partial charge in [-0.05, 0) is 29.3 Å². The molecule has 2 heterocycles. The van der Waals surface area contributed by atoms with Gasteiger partial charge in [-0.3, -0.25) is 9.78 Å². The van der Waals surface area contributed by atoms with E-state index in [0.717, 1.165) is 16.5 Å². The van der Waals surface area contributed by atoms with E-state index < -0.39 is 5.63 Å². The van der Waals surface area contributed by atoms with Crippen molar-refractivity contribution in [2.45, 2.75) is 19.0 Å². The van der Waals surface area contributed by atoms with Gasteiger partial charge in [0.1, 0.15) is 11.1 Å². The summed E-state index contributed by atoms with van der Waals surface area (Å²) in [6.45, 7) is 0.563. The van der Waals surface area contributed by atoms with Crippen LogP contribution >= 0.6 is 0 Å². The highest BCUT2D eigenvalue weighted by Gasteiger charge is 2.20. The number of hydrogen-bond donors (Lipinski definition) is 1. The highest BCUT2D eigenvalue weighted by Crippen LogP contribution is 2.21. The first-order chi connectivity index (χ1) is 14.2. The summed E-state index contributed by atoms with van der Waals surface area (Å²) in [5.41, 5.74) is 1.95. The van der Waals surface area contributed by atoms with Gasteiger partial charge >= 0.3 is 5.63 Å². The van der Waals surface area contributed by atoms with Crippen molar-refractivity contribution in [2.24, 2.45) is 0 Å². The summed E-state index contributed by atoms with van der Waals surface area (Å²) < 4.78 is 5.33. The second-order valence-electron chi connectivity index (χ2n) is 6.82. The fraction of sp³-hybridized carbons (Fsp3) is 0.125. The largest absolute Gasteiger partial charge is 0.422 e. The van der Waals surface area contributed by atoms with E-state index >= 15 is 0 Å². The molecule has 0 aliphatic carbocycles. The Kier molecular flexibility index (Phi) is 5.59. The van der Waals surface area contributed by atoms with Crippen LogP contribution in [0.3, 0.4) is 0 Å². The van der Waals surface area contributed by atoms with E-state index in [2.05, 4.69) is 10.3 Å². The number of ketones is 1. The molecule has 0 unspecified atom stereocenters. The summed E-state index contributed by atoms with van der Waals surface area (Å²) in [5, 5.41) is 4.15. The number of rotatable bonds is 7. The molecule has 0 aliphatic rings. The molecule has 4 rings (SSSR count). The minimum Gasteiger partial charge on any atom is -0.422 e. The number of carbonyl (C=O) groups excluding carboxylic acids is 1. The molecule has 0 amide bonds. The van der Waals surface area contributed by atoms with E-state index in [1.165, 1.54) is 0 Å². The van der Waals surface area contributed by atoms with Crippen molar-refractivity contribution in [2.75, 3.05) is 0 Å². The van der Waals surface area contributed by atoms with Gasteiger partial charge in [-0.15, -0.1) is 0 Å². The average Bonchev–Trinajstić information content (AvgIpc) is 2.77. The lowest BCUT2D eigenvalue weighted by Crippen LogP contribution is -2.25. The van der Waals surface area contributed by atoms with Crippen molar-refractivity contribution in [3.05, 3.63) is 112 Å². The highest BCUT2D eigenvalue weighted by atomic mass is 16.4. The van der Waals surface area contributed by atoms with Crippen molar-refractivity contribution in [3.63, 3.8) is 0 Å². The molecule has 1 N–H and O–H groups in total. The van der Waals surface area contributed by atoms with Crippen LogP contribution in [-0.4, -0.2) is 10.8 Å². The lowest BCUT2D eigenvalue weighted by Gasteiger charge is -2.18. The topological polar surface area (TPSA) is 72.2 Å². The van der Waals surface area contributed by atoms with Crippen LogP contribution in [0.25, 0.3) is 11.0 Å². The van der Waals surface area contributed by atoms with Crippen molar-refractivity contribution < 1.29 is 9.21 Å². The number of para-hydroxylation sites is 1. The zero-order valence-corrected chi connectivity index (χ0v) is 15.7. The molecule has 4 aromatic rings. The first-order valence-corrected chi connectivity index (χ1v) is 9.44.